The summed E-state index contributed by atoms with van der Waals surface area (Å²) in [6.07, 6.45) is 0.152. The molecule has 31 heavy (non-hydrogen) atoms. The number of hydrogen-bond donors (Lipinski definition) is 4. The minimum absolute atomic E-state index is 0.246. The van der Waals surface area contributed by atoms with Crippen molar-refractivity contribution in [3.63, 3.8) is 0 Å². The molecule has 2 aromatic rings. The first-order valence-corrected chi connectivity index (χ1v) is 10.9. The smallest absolute Gasteiger partial charge is 0.151 e. The van der Waals surface area contributed by atoms with Crippen LogP contribution in [0.3, 0.4) is 0 Å². The van der Waals surface area contributed by atoms with Crippen molar-refractivity contribution in [2.24, 2.45) is 0 Å². The van der Waals surface area contributed by atoms with Crippen molar-refractivity contribution in [2.75, 3.05) is 19.8 Å². The molecule has 0 aromatic heterocycles. The molecule has 0 saturated carbocycles. The van der Waals surface area contributed by atoms with Gasteiger partial charge >= 0.3 is 0 Å². The Morgan fingerprint density at radius 1 is 0.839 bits per heavy atom. The van der Waals surface area contributed by atoms with Crippen LogP contribution in [0.5, 0.6) is 5.75 Å². The van der Waals surface area contributed by atoms with Crippen LogP contribution in [0, 0.1) is 0 Å². The number of benzene rings is 2. The largest absolute Gasteiger partial charge is 0.494 e. The number of rotatable bonds is 16. The molecule has 0 aliphatic heterocycles. The Kier molecular flexibility index (Phi) is 11.5. The summed E-state index contributed by atoms with van der Waals surface area (Å²) in [6, 6.07) is 14.3. The number of fused-ring (bicyclic) bond motifs is 1. The Balaban J connectivity index is 1.54. The molecule has 2 rings (SSSR count). The van der Waals surface area contributed by atoms with Gasteiger partial charge in [0, 0.05) is 6.61 Å². The number of unbranched alkanes of at least 4 members (excludes halogenated alkanes) is 5. The topological polar surface area (TPSA) is 116 Å². The SMILES string of the molecule is O=CC(O)C(OCCCCCCCCOc1ccc2ccccc2c1)C(O)C(O)CO. The summed E-state index contributed by atoms with van der Waals surface area (Å²) in [5, 5.41) is 40.3. The van der Waals surface area contributed by atoms with Crippen LogP contribution in [-0.2, 0) is 9.53 Å². The minimum Gasteiger partial charge on any atom is -0.494 e. The van der Waals surface area contributed by atoms with E-state index >= 15 is 0 Å². The van der Waals surface area contributed by atoms with Gasteiger partial charge in [-0.3, -0.25) is 0 Å². The number of aliphatic hydroxyl groups excluding tert-OH is 4. The fourth-order valence-electron chi connectivity index (χ4n) is 3.38. The van der Waals surface area contributed by atoms with E-state index in [0.29, 0.717) is 13.0 Å². The third-order valence-electron chi connectivity index (χ3n) is 5.23. The summed E-state index contributed by atoms with van der Waals surface area (Å²) < 4.78 is 11.2. The number of hydrogen-bond acceptors (Lipinski definition) is 7. The molecule has 4 atom stereocenters. The van der Waals surface area contributed by atoms with Gasteiger partial charge in [0.25, 0.3) is 0 Å². The Morgan fingerprint density at radius 3 is 2.16 bits per heavy atom. The van der Waals surface area contributed by atoms with Crippen molar-refractivity contribution in [2.45, 2.75) is 62.9 Å². The van der Waals surface area contributed by atoms with Gasteiger partial charge in [-0.05, 0) is 35.7 Å². The van der Waals surface area contributed by atoms with Gasteiger partial charge in [-0.2, -0.15) is 0 Å². The van der Waals surface area contributed by atoms with Gasteiger partial charge in [0.05, 0.1) is 13.2 Å². The average Bonchev–Trinajstić information content (AvgIpc) is 2.81. The summed E-state index contributed by atoms with van der Waals surface area (Å²) in [4.78, 5) is 10.8. The van der Waals surface area contributed by atoms with Crippen LogP contribution >= 0.6 is 0 Å². The number of carbonyl (C=O) groups is 1. The molecule has 0 spiro atoms. The van der Waals surface area contributed by atoms with E-state index in [1.54, 1.807) is 0 Å². The highest BCUT2D eigenvalue weighted by molar-refractivity contribution is 5.83. The summed E-state index contributed by atoms with van der Waals surface area (Å²) in [5.74, 6) is 0.886. The first-order chi connectivity index (χ1) is 15.1. The third-order valence-corrected chi connectivity index (χ3v) is 5.23. The van der Waals surface area contributed by atoms with Crippen LogP contribution in [0.2, 0.25) is 0 Å². The van der Waals surface area contributed by atoms with Crippen molar-refractivity contribution < 1.29 is 34.7 Å². The molecule has 4 unspecified atom stereocenters. The first-order valence-electron chi connectivity index (χ1n) is 10.9. The Bertz CT molecular complexity index is 766. The first kappa shape index (κ1) is 25.2. The zero-order chi connectivity index (χ0) is 22.5. The lowest BCUT2D eigenvalue weighted by Gasteiger charge is -2.27. The number of carbonyl (C=O) groups excluding carboxylic acids is 1. The molecular weight excluding hydrogens is 400 g/mol. The molecule has 0 amide bonds. The molecule has 7 nitrogen and oxygen atoms in total. The number of ether oxygens (including phenoxy) is 2. The molecule has 0 aliphatic carbocycles. The second-order valence-electron chi connectivity index (χ2n) is 7.68. The zero-order valence-electron chi connectivity index (χ0n) is 17.8. The van der Waals surface area contributed by atoms with Crippen molar-refractivity contribution in [3.8, 4) is 5.75 Å². The maximum absolute atomic E-state index is 10.8. The minimum atomic E-state index is -1.56. The average molecular weight is 435 g/mol. The van der Waals surface area contributed by atoms with Crippen LogP contribution in [0.15, 0.2) is 42.5 Å². The summed E-state index contributed by atoms with van der Waals surface area (Å²) in [5.41, 5.74) is 0. The van der Waals surface area contributed by atoms with Crippen molar-refractivity contribution in [3.05, 3.63) is 42.5 Å². The van der Waals surface area contributed by atoms with Crippen LogP contribution in [-0.4, -0.2) is 70.9 Å². The Hall–Kier alpha value is -2.03. The van der Waals surface area contributed by atoms with E-state index in [4.69, 9.17) is 14.6 Å². The summed E-state index contributed by atoms with van der Waals surface area (Å²) in [7, 11) is 0. The molecule has 7 heteroatoms. The van der Waals surface area contributed by atoms with E-state index < -0.39 is 31.0 Å². The molecule has 0 aliphatic rings. The predicted octanol–water partition coefficient (Wildman–Crippen LogP) is 2.22. The maximum Gasteiger partial charge on any atom is 0.151 e. The monoisotopic (exact) mass is 434 g/mol. The molecular formula is C24H34O7. The van der Waals surface area contributed by atoms with Gasteiger partial charge in [0.15, 0.2) is 6.29 Å². The Labute approximate surface area is 183 Å². The molecule has 172 valence electrons. The lowest BCUT2D eigenvalue weighted by molar-refractivity contribution is -0.150. The number of aliphatic hydroxyl groups is 4. The fraction of sp³-hybridized carbons (Fsp3) is 0.542. The molecule has 0 radical (unpaired) electrons. The van der Waals surface area contributed by atoms with Gasteiger partial charge in [-0.15, -0.1) is 0 Å². The van der Waals surface area contributed by atoms with Crippen LogP contribution in [0.1, 0.15) is 38.5 Å². The normalized spacial score (nSPS) is 15.4. The van der Waals surface area contributed by atoms with Gasteiger partial charge in [0.2, 0.25) is 0 Å². The van der Waals surface area contributed by atoms with Gasteiger partial charge in [-0.25, -0.2) is 0 Å². The van der Waals surface area contributed by atoms with Gasteiger partial charge in [0.1, 0.15) is 30.2 Å². The second-order valence-corrected chi connectivity index (χ2v) is 7.68. The quantitative estimate of drug-likeness (QED) is 0.236. The maximum atomic E-state index is 10.8. The lowest BCUT2D eigenvalue weighted by Crippen LogP contribution is -2.48. The van der Waals surface area contributed by atoms with Crippen molar-refractivity contribution >= 4 is 17.1 Å². The molecule has 0 heterocycles. The molecule has 2 aromatic carbocycles. The third kappa shape index (κ3) is 8.55. The van der Waals surface area contributed by atoms with Gasteiger partial charge < -0.3 is 34.7 Å². The van der Waals surface area contributed by atoms with Crippen LogP contribution < -0.4 is 4.74 Å². The molecule has 4 N–H and O–H groups in total. The van der Waals surface area contributed by atoms with Crippen LogP contribution in [0.4, 0.5) is 0 Å². The van der Waals surface area contributed by atoms with E-state index in [9.17, 15) is 20.1 Å². The van der Waals surface area contributed by atoms with Crippen molar-refractivity contribution in [1.82, 2.24) is 0 Å². The standard InChI is InChI=1S/C24H34O7/c25-16-21(27)23(29)24(22(28)17-26)31-14-8-4-2-1-3-7-13-30-20-12-11-18-9-5-6-10-19(18)15-20/h5-6,9-12,15,17,21-25,27-29H,1-4,7-8,13-14,16H2. The molecule has 0 saturated heterocycles. The summed E-state index contributed by atoms with van der Waals surface area (Å²) in [6.45, 7) is 0.241. The van der Waals surface area contributed by atoms with Gasteiger partial charge in [-0.1, -0.05) is 56.0 Å². The Morgan fingerprint density at radius 2 is 1.48 bits per heavy atom. The van der Waals surface area contributed by atoms with E-state index in [1.807, 2.05) is 18.2 Å². The summed E-state index contributed by atoms with van der Waals surface area (Å²) >= 11 is 0. The lowest BCUT2D eigenvalue weighted by atomic mass is 10.0. The number of aldehydes is 1. The van der Waals surface area contributed by atoms with Crippen LogP contribution in [0.25, 0.3) is 10.8 Å². The zero-order valence-corrected chi connectivity index (χ0v) is 17.8. The van der Waals surface area contributed by atoms with E-state index in [-0.39, 0.29) is 12.9 Å². The van der Waals surface area contributed by atoms with E-state index in [2.05, 4.69) is 24.3 Å². The fourth-order valence-corrected chi connectivity index (χ4v) is 3.38. The van der Waals surface area contributed by atoms with Crippen molar-refractivity contribution in [1.29, 1.82) is 0 Å². The predicted molar refractivity (Wildman–Crippen MR) is 118 cm³/mol. The highest BCUT2D eigenvalue weighted by atomic mass is 16.5. The highest BCUT2D eigenvalue weighted by Gasteiger charge is 2.32. The second kappa shape index (κ2) is 14.1. The van der Waals surface area contributed by atoms with E-state index in [0.717, 1.165) is 37.9 Å². The highest BCUT2D eigenvalue weighted by Crippen LogP contribution is 2.21. The molecule has 0 bridgehead atoms. The van der Waals surface area contributed by atoms with E-state index in [1.165, 1.54) is 10.8 Å². The molecule has 0 fully saturated rings.